The number of anilines is 1. The largest absolute Gasteiger partial charge is 0.382 e. The first kappa shape index (κ1) is 29.1. The van der Waals surface area contributed by atoms with Crippen molar-refractivity contribution in [3.05, 3.63) is 29.6 Å². The summed E-state index contributed by atoms with van der Waals surface area (Å²) in [5.41, 5.74) is 1.36. The number of hydrogen-bond donors (Lipinski definition) is 3. The van der Waals surface area contributed by atoms with Crippen molar-refractivity contribution in [2.45, 2.75) is 76.9 Å². The molecule has 2 aliphatic rings. The Balaban J connectivity index is 0.00000216. The van der Waals surface area contributed by atoms with E-state index in [1.807, 2.05) is 26.0 Å². The number of hydrogen-bond acceptors (Lipinski definition) is 6. The number of aromatic nitrogens is 2. The molecular weight excluding hydrogens is 487 g/mol. The van der Waals surface area contributed by atoms with E-state index in [0.717, 1.165) is 61.0 Å². The van der Waals surface area contributed by atoms with Gasteiger partial charge < -0.3 is 20.7 Å². The zero-order valence-electron chi connectivity index (χ0n) is 21.0. The number of amidine groups is 1. The van der Waals surface area contributed by atoms with Crippen LogP contribution in [0.15, 0.2) is 23.2 Å². The Hall–Kier alpha value is -2.16. The van der Waals surface area contributed by atoms with Crippen LogP contribution in [0, 0.1) is 6.92 Å². The van der Waals surface area contributed by atoms with Gasteiger partial charge in [0.1, 0.15) is 5.82 Å². The summed E-state index contributed by atoms with van der Waals surface area (Å²) in [6.45, 7) is 7.30. The summed E-state index contributed by atoms with van der Waals surface area (Å²) in [4.78, 5) is 27.4. The third-order valence-corrected chi connectivity index (χ3v) is 6.30. The second-order valence-electron chi connectivity index (χ2n) is 9.90. The number of benzene rings is 1. The van der Waals surface area contributed by atoms with Gasteiger partial charge in [-0.3, -0.25) is 9.79 Å². The van der Waals surface area contributed by atoms with Gasteiger partial charge in [-0.05, 0) is 52.2 Å². The number of amides is 1. The van der Waals surface area contributed by atoms with Crippen molar-refractivity contribution in [2.75, 3.05) is 25.6 Å². The van der Waals surface area contributed by atoms with Gasteiger partial charge in [0.15, 0.2) is 0 Å². The van der Waals surface area contributed by atoms with Gasteiger partial charge in [0.05, 0.1) is 29.5 Å². The van der Waals surface area contributed by atoms with Crippen LogP contribution in [0.1, 0.15) is 68.6 Å². The highest BCUT2D eigenvalue weighted by Gasteiger charge is 2.28. The highest BCUT2D eigenvalue weighted by molar-refractivity contribution is 5.97. The van der Waals surface area contributed by atoms with E-state index >= 15 is 0 Å². The van der Waals surface area contributed by atoms with Gasteiger partial charge in [-0.2, -0.15) is 0 Å². The van der Waals surface area contributed by atoms with Crippen LogP contribution in [-0.4, -0.2) is 59.6 Å². The average molecular weight is 526 g/mol. The fourth-order valence-electron chi connectivity index (χ4n) is 4.71. The Morgan fingerprint density at radius 2 is 1.97 bits per heavy atom. The molecule has 35 heavy (non-hydrogen) atoms. The zero-order chi connectivity index (χ0) is 23.4. The van der Waals surface area contributed by atoms with Crippen molar-refractivity contribution in [3.8, 4) is 0 Å². The summed E-state index contributed by atoms with van der Waals surface area (Å²) >= 11 is 0. The highest BCUT2D eigenvalue weighted by Crippen LogP contribution is 2.28. The molecule has 2 atom stereocenters. The predicted molar refractivity (Wildman–Crippen MR) is 147 cm³/mol. The molecule has 10 heteroatoms. The zero-order valence-corrected chi connectivity index (χ0v) is 22.7. The SMILES string of the molecule is COCC(C)(C)NC(=O)c1nc(N[C@H]2CCCC[C@H]2N=C2CCCN2)c2cc(C)ccc2n1.Cl.Cl. The average Bonchev–Trinajstić information content (AvgIpc) is 3.28. The maximum absolute atomic E-state index is 13.0. The Morgan fingerprint density at radius 1 is 1.20 bits per heavy atom. The van der Waals surface area contributed by atoms with E-state index < -0.39 is 5.54 Å². The Morgan fingerprint density at radius 3 is 2.69 bits per heavy atom. The Bertz CT molecular complexity index is 1040. The maximum atomic E-state index is 13.0. The number of aryl methyl sites for hydroxylation is 1. The lowest BCUT2D eigenvalue weighted by molar-refractivity contribution is 0.0810. The van der Waals surface area contributed by atoms with E-state index in [2.05, 4.69) is 33.9 Å². The molecule has 3 N–H and O–H groups in total. The summed E-state index contributed by atoms with van der Waals surface area (Å²) in [7, 11) is 1.62. The summed E-state index contributed by atoms with van der Waals surface area (Å²) in [6.07, 6.45) is 6.61. The molecule has 1 aliphatic heterocycles. The smallest absolute Gasteiger partial charge is 0.289 e. The first-order valence-corrected chi connectivity index (χ1v) is 12.0. The molecule has 0 unspecified atom stereocenters. The topological polar surface area (TPSA) is 101 Å². The van der Waals surface area contributed by atoms with E-state index in [1.165, 1.54) is 6.42 Å². The first-order chi connectivity index (χ1) is 15.8. The van der Waals surface area contributed by atoms with Crippen LogP contribution in [0.3, 0.4) is 0 Å². The first-order valence-electron chi connectivity index (χ1n) is 12.0. The van der Waals surface area contributed by atoms with Crippen molar-refractivity contribution in [2.24, 2.45) is 4.99 Å². The van der Waals surface area contributed by atoms with Crippen LogP contribution < -0.4 is 16.0 Å². The fourth-order valence-corrected chi connectivity index (χ4v) is 4.71. The van der Waals surface area contributed by atoms with Crippen LogP contribution in [-0.2, 0) is 4.74 Å². The molecule has 1 saturated heterocycles. The van der Waals surface area contributed by atoms with Crippen LogP contribution in [0.2, 0.25) is 0 Å². The molecule has 2 fully saturated rings. The van der Waals surface area contributed by atoms with Crippen LogP contribution in [0.25, 0.3) is 10.9 Å². The van der Waals surface area contributed by atoms with Crippen LogP contribution in [0.5, 0.6) is 0 Å². The minimum Gasteiger partial charge on any atom is -0.382 e. The van der Waals surface area contributed by atoms with E-state index in [-0.39, 0.29) is 48.6 Å². The molecule has 1 aromatic heterocycles. The van der Waals surface area contributed by atoms with Gasteiger partial charge >= 0.3 is 0 Å². The van der Waals surface area contributed by atoms with Crippen molar-refractivity contribution in [3.63, 3.8) is 0 Å². The molecule has 1 aliphatic carbocycles. The number of nitrogens with zero attached hydrogens (tertiary/aromatic N) is 3. The number of ether oxygens (including phenoxy) is 1. The molecule has 1 aromatic carbocycles. The normalized spacial score (nSPS) is 21.1. The number of rotatable bonds is 7. The summed E-state index contributed by atoms with van der Waals surface area (Å²) in [5.74, 6) is 1.68. The number of methoxy groups -OCH3 is 1. The molecule has 8 nitrogen and oxygen atoms in total. The van der Waals surface area contributed by atoms with Gasteiger partial charge in [0.2, 0.25) is 5.82 Å². The number of aliphatic imine (C=N–C) groups is 1. The molecule has 4 rings (SSSR count). The predicted octanol–water partition coefficient (Wildman–Crippen LogP) is 4.44. The van der Waals surface area contributed by atoms with E-state index in [0.29, 0.717) is 12.4 Å². The second-order valence-corrected chi connectivity index (χ2v) is 9.90. The maximum Gasteiger partial charge on any atom is 0.289 e. The molecular formula is C25H38Cl2N6O2. The molecule has 0 bridgehead atoms. The Labute approximate surface area is 220 Å². The lowest BCUT2D eigenvalue weighted by Gasteiger charge is -2.31. The third-order valence-electron chi connectivity index (χ3n) is 6.30. The van der Waals surface area contributed by atoms with Crippen LogP contribution in [0.4, 0.5) is 5.82 Å². The number of carbonyl (C=O) groups is 1. The van der Waals surface area contributed by atoms with Gasteiger partial charge in [-0.1, -0.05) is 24.5 Å². The van der Waals surface area contributed by atoms with Crippen molar-refractivity contribution < 1.29 is 9.53 Å². The van der Waals surface area contributed by atoms with Gasteiger partial charge in [-0.15, -0.1) is 24.8 Å². The lowest BCUT2D eigenvalue weighted by Crippen LogP contribution is -2.47. The fraction of sp³-hybridized carbons (Fsp3) is 0.600. The Kier molecular flexibility index (Phi) is 10.5. The van der Waals surface area contributed by atoms with Crippen molar-refractivity contribution in [1.82, 2.24) is 20.6 Å². The van der Waals surface area contributed by atoms with Gasteiger partial charge in [-0.25, -0.2) is 9.97 Å². The minimum absolute atomic E-state index is 0. The molecule has 194 valence electrons. The molecule has 1 amide bonds. The minimum atomic E-state index is -0.524. The quantitative estimate of drug-likeness (QED) is 0.494. The van der Waals surface area contributed by atoms with Crippen molar-refractivity contribution in [1.29, 1.82) is 0 Å². The second kappa shape index (κ2) is 12.7. The molecule has 1 saturated carbocycles. The van der Waals surface area contributed by atoms with Crippen LogP contribution >= 0.6 is 24.8 Å². The number of nitrogens with one attached hydrogen (secondary N) is 3. The van der Waals surface area contributed by atoms with Crippen molar-refractivity contribution >= 4 is 53.3 Å². The van der Waals surface area contributed by atoms with Gasteiger partial charge in [0.25, 0.3) is 5.91 Å². The van der Waals surface area contributed by atoms with E-state index in [4.69, 9.17) is 14.7 Å². The number of carbonyl (C=O) groups excluding carboxylic acids is 1. The lowest BCUT2D eigenvalue weighted by atomic mass is 9.90. The summed E-state index contributed by atoms with van der Waals surface area (Å²) in [5, 5.41) is 11.0. The highest BCUT2D eigenvalue weighted by atomic mass is 35.5. The number of fused-ring (bicyclic) bond motifs is 1. The molecule has 0 spiro atoms. The molecule has 2 aromatic rings. The molecule has 2 heterocycles. The summed E-state index contributed by atoms with van der Waals surface area (Å²) < 4.78 is 5.23. The summed E-state index contributed by atoms with van der Waals surface area (Å²) in [6, 6.07) is 6.42. The van der Waals surface area contributed by atoms with Gasteiger partial charge in [0, 0.05) is 31.5 Å². The monoisotopic (exact) mass is 524 g/mol. The van der Waals surface area contributed by atoms with E-state index in [1.54, 1.807) is 7.11 Å². The molecule has 0 radical (unpaired) electrons. The number of halogens is 2. The van der Waals surface area contributed by atoms with E-state index in [9.17, 15) is 4.79 Å². The third kappa shape index (κ3) is 7.41. The standard InChI is InChI=1S/C25H36N6O2.2ClH/c1-16-11-12-18-17(14-16)22(30-23(28-18)24(32)31-25(2,3)15-33-4)29-20-9-6-5-8-19(20)27-21-10-7-13-26-21;;/h11-12,14,19-20H,5-10,13,15H2,1-4H3,(H,26,27)(H,31,32)(H,28,29,30);2*1H/t19-,20+;;/m1../s1.